The molecule has 2 amide bonds. The van der Waals surface area contributed by atoms with Crippen molar-refractivity contribution in [3.05, 3.63) is 41.2 Å². The first-order valence-electron chi connectivity index (χ1n) is 4.45. The van der Waals surface area contributed by atoms with Gasteiger partial charge in [-0.05, 0) is 23.8 Å². The van der Waals surface area contributed by atoms with Gasteiger partial charge in [0.15, 0.2) is 0 Å². The van der Waals surface area contributed by atoms with Gasteiger partial charge in [-0.25, -0.2) is 4.39 Å². The number of carbonyl (C=O) groups is 2. The van der Waals surface area contributed by atoms with Gasteiger partial charge in [0.2, 0.25) is 5.91 Å². The van der Waals surface area contributed by atoms with Gasteiger partial charge >= 0.3 is 0 Å². The van der Waals surface area contributed by atoms with Gasteiger partial charge in [-0.2, -0.15) is 0 Å². The third-order valence-electron chi connectivity index (χ3n) is 2.11. The highest BCUT2D eigenvalue weighted by Gasteiger charge is 2.23. The summed E-state index contributed by atoms with van der Waals surface area (Å²) in [6, 6.07) is 5.72. The van der Waals surface area contributed by atoms with Crippen molar-refractivity contribution in [2.24, 2.45) is 0 Å². The fourth-order valence-corrected chi connectivity index (χ4v) is 1.38. The van der Waals surface area contributed by atoms with Crippen LogP contribution in [0.2, 0.25) is 0 Å². The number of nitrogens with one attached hydrogen (secondary N) is 1. The molecule has 1 aromatic carbocycles. The molecule has 1 aromatic rings. The van der Waals surface area contributed by atoms with E-state index in [1.54, 1.807) is 18.2 Å². The van der Waals surface area contributed by atoms with Crippen molar-refractivity contribution in [1.29, 1.82) is 0 Å². The molecule has 76 valence electrons. The zero-order valence-electron chi connectivity index (χ0n) is 7.79. The monoisotopic (exact) mass is 205 g/mol. The molecule has 0 aliphatic carbocycles. The number of amides is 2. The van der Waals surface area contributed by atoms with Crippen LogP contribution in [-0.4, -0.2) is 11.8 Å². The molecule has 0 radical (unpaired) electrons. The lowest BCUT2D eigenvalue weighted by molar-refractivity contribution is -0.124. The molecule has 2 rings (SSSR count). The Kier molecular flexibility index (Phi) is 2.33. The predicted molar refractivity (Wildman–Crippen MR) is 52.1 cm³/mol. The van der Waals surface area contributed by atoms with E-state index in [1.165, 1.54) is 12.1 Å². The Morgan fingerprint density at radius 1 is 1.20 bits per heavy atom. The molecule has 1 fully saturated rings. The van der Waals surface area contributed by atoms with E-state index in [4.69, 9.17) is 0 Å². The van der Waals surface area contributed by atoms with E-state index in [-0.39, 0.29) is 24.1 Å². The lowest BCUT2D eigenvalue weighted by atomic mass is 10.1. The summed E-state index contributed by atoms with van der Waals surface area (Å²) in [5, 5.41) is 2.18. The zero-order valence-corrected chi connectivity index (χ0v) is 7.79. The highest BCUT2D eigenvalue weighted by Crippen LogP contribution is 2.14. The minimum atomic E-state index is -0.371. The molecule has 0 saturated carbocycles. The first kappa shape index (κ1) is 9.58. The first-order chi connectivity index (χ1) is 7.15. The highest BCUT2D eigenvalue weighted by atomic mass is 19.1. The third-order valence-corrected chi connectivity index (χ3v) is 2.11. The van der Waals surface area contributed by atoms with Crippen LogP contribution in [0.15, 0.2) is 29.8 Å². The number of benzene rings is 1. The smallest absolute Gasteiger partial charge is 0.254 e. The van der Waals surface area contributed by atoms with Gasteiger partial charge in [0.05, 0.1) is 6.42 Å². The minimum absolute atomic E-state index is 0.0935. The molecule has 1 N–H and O–H groups in total. The standard InChI is InChI=1S/C11H8FNO2/c12-9-3-1-7(2-4-9)5-8-6-10(14)13-11(8)15/h1-5H,6H2,(H,13,14,15)/b8-5-. The lowest BCUT2D eigenvalue weighted by Gasteiger charge is -1.94. The summed E-state index contributed by atoms with van der Waals surface area (Å²) in [6.45, 7) is 0. The average Bonchev–Trinajstić information content (AvgIpc) is 2.49. The molecule has 0 bridgehead atoms. The maximum Gasteiger partial charge on any atom is 0.254 e. The second-order valence-corrected chi connectivity index (χ2v) is 3.28. The second kappa shape index (κ2) is 3.65. The van der Waals surface area contributed by atoms with Gasteiger partial charge in [-0.1, -0.05) is 12.1 Å². The van der Waals surface area contributed by atoms with Gasteiger partial charge < -0.3 is 0 Å². The number of hydrogen-bond acceptors (Lipinski definition) is 2. The number of rotatable bonds is 1. The van der Waals surface area contributed by atoms with Crippen LogP contribution in [0.5, 0.6) is 0 Å². The summed E-state index contributed by atoms with van der Waals surface area (Å²) in [5.74, 6) is -0.998. The van der Waals surface area contributed by atoms with Gasteiger partial charge in [0.25, 0.3) is 5.91 Å². The van der Waals surface area contributed by atoms with Crippen LogP contribution in [0.25, 0.3) is 6.08 Å². The Balaban J connectivity index is 2.27. The molecule has 0 aromatic heterocycles. The van der Waals surface area contributed by atoms with Gasteiger partial charge in [-0.15, -0.1) is 0 Å². The second-order valence-electron chi connectivity index (χ2n) is 3.28. The Hall–Kier alpha value is -1.97. The van der Waals surface area contributed by atoms with Crippen molar-refractivity contribution in [3.8, 4) is 0 Å². The first-order valence-corrected chi connectivity index (χ1v) is 4.45. The summed E-state index contributed by atoms with van der Waals surface area (Å²) in [4.78, 5) is 22.1. The maximum absolute atomic E-state index is 12.6. The SMILES string of the molecule is O=C1C/C(=C/c2ccc(F)cc2)C(=O)N1. The molecule has 0 unspecified atom stereocenters. The number of halogens is 1. The van der Waals surface area contributed by atoms with Crippen LogP contribution >= 0.6 is 0 Å². The van der Waals surface area contributed by atoms with E-state index in [1.807, 2.05) is 0 Å². The third kappa shape index (κ3) is 2.10. The van der Waals surface area contributed by atoms with Crippen molar-refractivity contribution >= 4 is 17.9 Å². The quantitative estimate of drug-likeness (QED) is 0.554. The molecule has 0 spiro atoms. The summed E-state index contributed by atoms with van der Waals surface area (Å²) < 4.78 is 12.6. The molecule has 4 heteroatoms. The van der Waals surface area contributed by atoms with E-state index < -0.39 is 0 Å². The summed E-state index contributed by atoms with van der Waals surface area (Å²) in [6.07, 6.45) is 1.68. The molecule has 1 aliphatic heterocycles. The van der Waals surface area contributed by atoms with Gasteiger partial charge in [-0.3, -0.25) is 14.9 Å². The van der Waals surface area contributed by atoms with E-state index in [0.717, 1.165) is 0 Å². The Bertz CT molecular complexity index is 448. The van der Waals surface area contributed by atoms with Crippen molar-refractivity contribution in [1.82, 2.24) is 5.32 Å². The van der Waals surface area contributed by atoms with E-state index in [0.29, 0.717) is 11.1 Å². The summed E-state index contributed by atoms with van der Waals surface area (Å²) in [7, 11) is 0. The molecular weight excluding hydrogens is 197 g/mol. The molecule has 1 heterocycles. The molecule has 1 saturated heterocycles. The largest absolute Gasteiger partial charge is 0.292 e. The summed E-state index contributed by atoms with van der Waals surface area (Å²) in [5.41, 5.74) is 1.11. The van der Waals surface area contributed by atoms with Gasteiger partial charge in [0.1, 0.15) is 5.82 Å². The van der Waals surface area contributed by atoms with Crippen molar-refractivity contribution in [3.63, 3.8) is 0 Å². The Labute approximate surface area is 85.6 Å². The topological polar surface area (TPSA) is 46.2 Å². The van der Waals surface area contributed by atoms with Crippen molar-refractivity contribution in [2.45, 2.75) is 6.42 Å². The van der Waals surface area contributed by atoms with E-state index in [9.17, 15) is 14.0 Å². The van der Waals surface area contributed by atoms with Crippen LogP contribution in [0.3, 0.4) is 0 Å². The normalized spacial score (nSPS) is 18.3. The van der Waals surface area contributed by atoms with Crippen LogP contribution in [0.4, 0.5) is 4.39 Å². The number of imide groups is 1. The maximum atomic E-state index is 12.6. The van der Waals surface area contributed by atoms with Crippen LogP contribution in [-0.2, 0) is 9.59 Å². The van der Waals surface area contributed by atoms with E-state index in [2.05, 4.69) is 5.32 Å². The highest BCUT2D eigenvalue weighted by molar-refractivity contribution is 6.15. The number of hydrogen-bond donors (Lipinski definition) is 1. The van der Waals surface area contributed by atoms with E-state index >= 15 is 0 Å². The lowest BCUT2D eigenvalue weighted by Crippen LogP contribution is -2.19. The average molecular weight is 205 g/mol. The van der Waals surface area contributed by atoms with Crippen molar-refractivity contribution in [2.75, 3.05) is 0 Å². The predicted octanol–water partition coefficient (Wildman–Crippen LogP) is 1.26. The number of carbonyl (C=O) groups excluding carboxylic acids is 2. The Morgan fingerprint density at radius 3 is 2.40 bits per heavy atom. The molecule has 0 atom stereocenters. The Morgan fingerprint density at radius 2 is 1.87 bits per heavy atom. The summed E-state index contributed by atoms with van der Waals surface area (Å²) >= 11 is 0. The fraction of sp³-hybridized carbons (Fsp3) is 0.0909. The van der Waals surface area contributed by atoms with Gasteiger partial charge in [0, 0.05) is 5.57 Å². The fourth-order valence-electron chi connectivity index (χ4n) is 1.38. The van der Waals surface area contributed by atoms with Crippen LogP contribution < -0.4 is 5.32 Å². The molecule has 1 aliphatic rings. The van der Waals surface area contributed by atoms with Crippen molar-refractivity contribution < 1.29 is 14.0 Å². The minimum Gasteiger partial charge on any atom is -0.292 e. The molecular formula is C11H8FNO2. The van der Waals surface area contributed by atoms with Crippen LogP contribution in [0, 0.1) is 5.82 Å². The molecule has 3 nitrogen and oxygen atoms in total. The zero-order chi connectivity index (χ0) is 10.8. The molecule has 15 heavy (non-hydrogen) atoms. The van der Waals surface area contributed by atoms with Crippen LogP contribution in [0.1, 0.15) is 12.0 Å².